The third kappa shape index (κ3) is 4.33. The molecule has 0 radical (unpaired) electrons. The van der Waals surface area contributed by atoms with Crippen molar-refractivity contribution in [1.29, 1.82) is 0 Å². The first-order chi connectivity index (χ1) is 12.9. The van der Waals surface area contributed by atoms with Crippen molar-refractivity contribution in [2.75, 3.05) is 26.3 Å². The molecule has 0 unspecified atom stereocenters. The highest BCUT2D eigenvalue weighted by Gasteiger charge is 2.51. The molecule has 5 fully saturated rings. The van der Waals surface area contributed by atoms with Crippen LogP contribution in [0.25, 0.3) is 0 Å². The molecule has 2 amide bonds. The zero-order valence-corrected chi connectivity index (χ0v) is 17.0. The molecule has 1 heterocycles. The molecule has 27 heavy (non-hydrogen) atoms. The van der Waals surface area contributed by atoms with E-state index in [9.17, 15) is 9.59 Å². The Bertz CT molecular complexity index is 533. The number of nitrogens with one attached hydrogen (secondary N) is 1. The van der Waals surface area contributed by atoms with Crippen LogP contribution in [0.5, 0.6) is 0 Å². The molecule has 0 aromatic carbocycles. The van der Waals surface area contributed by atoms with Crippen LogP contribution in [0.15, 0.2) is 0 Å². The summed E-state index contributed by atoms with van der Waals surface area (Å²) >= 11 is 0. The molecular weight excluding hydrogens is 340 g/mol. The van der Waals surface area contributed by atoms with Gasteiger partial charge in [0.2, 0.25) is 11.8 Å². The molecule has 4 bridgehead atoms. The molecule has 152 valence electrons. The second-order valence-electron chi connectivity index (χ2n) is 10.3. The third-order valence-corrected chi connectivity index (χ3v) is 7.36. The first-order valence-electron chi connectivity index (χ1n) is 11.1. The lowest BCUT2D eigenvalue weighted by Gasteiger charge is -2.56. The highest BCUT2D eigenvalue weighted by atomic mass is 16.5. The van der Waals surface area contributed by atoms with Gasteiger partial charge in [-0.1, -0.05) is 13.8 Å². The van der Waals surface area contributed by atoms with E-state index in [4.69, 9.17) is 4.74 Å². The van der Waals surface area contributed by atoms with Gasteiger partial charge >= 0.3 is 0 Å². The van der Waals surface area contributed by atoms with Crippen LogP contribution in [0.2, 0.25) is 0 Å². The first-order valence-corrected chi connectivity index (χ1v) is 11.1. The second kappa shape index (κ2) is 7.73. The summed E-state index contributed by atoms with van der Waals surface area (Å²) in [5, 5.41) is 3.15. The van der Waals surface area contributed by atoms with Crippen LogP contribution in [0.3, 0.4) is 0 Å². The van der Waals surface area contributed by atoms with Crippen LogP contribution >= 0.6 is 0 Å². The van der Waals surface area contributed by atoms with Crippen molar-refractivity contribution in [3.05, 3.63) is 0 Å². The molecule has 5 nitrogen and oxygen atoms in total. The van der Waals surface area contributed by atoms with E-state index in [-0.39, 0.29) is 23.3 Å². The zero-order chi connectivity index (χ0) is 19.0. The SMILES string of the molecule is CC(C)C[C@H](NC(=O)CC12CC3CC(CC(C3)C1)C2)C(=O)N1CCOCC1. The summed E-state index contributed by atoms with van der Waals surface area (Å²) in [4.78, 5) is 27.9. The van der Waals surface area contributed by atoms with Crippen LogP contribution in [0.1, 0.15) is 65.2 Å². The van der Waals surface area contributed by atoms with Crippen LogP contribution in [0.4, 0.5) is 0 Å². The fourth-order valence-corrected chi connectivity index (χ4v) is 6.79. The van der Waals surface area contributed by atoms with E-state index in [1.54, 1.807) is 0 Å². The maximum absolute atomic E-state index is 13.0. The summed E-state index contributed by atoms with van der Waals surface area (Å²) in [6, 6.07) is -0.385. The van der Waals surface area contributed by atoms with Crippen LogP contribution in [-0.2, 0) is 14.3 Å². The van der Waals surface area contributed by atoms with Crippen molar-refractivity contribution in [2.24, 2.45) is 29.1 Å². The van der Waals surface area contributed by atoms with Gasteiger partial charge in [0.1, 0.15) is 6.04 Å². The molecule has 0 aromatic rings. The average Bonchev–Trinajstić information content (AvgIpc) is 2.59. The maximum atomic E-state index is 13.0. The van der Waals surface area contributed by atoms with E-state index in [1.807, 2.05) is 4.90 Å². The number of hydrogen-bond donors (Lipinski definition) is 1. The monoisotopic (exact) mass is 376 g/mol. The maximum Gasteiger partial charge on any atom is 0.245 e. The van der Waals surface area contributed by atoms with Gasteiger partial charge in [0.15, 0.2) is 0 Å². The summed E-state index contributed by atoms with van der Waals surface area (Å²) in [7, 11) is 0. The standard InChI is InChI=1S/C22H36N2O3/c1-15(2)7-19(21(26)24-3-5-27-6-4-24)23-20(25)14-22-11-16-8-17(12-22)10-18(9-16)13-22/h15-19H,3-14H2,1-2H3,(H,23,25)/t16?,17?,18?,19-,22?/m0/s1. The Morgan fingerprint density at radius 3 is 2.11 bits per heavy atom. The zero-order valence-electron chi connectivity index (χ0n) is 17.0. The number of carbonyl (C=O) groups excluding carboxylic acids is 2. The Morgan fingerprint density at radius 2 is 1.59 bits per heavy atom. The van der Waals surface area contributed by atoms with E-state index >= 15 is 0 Å². The molecule has 1 atom stereocenters. The third-order valence-electron chi connectivity index (χ3n) is 7.36. The number of amides is 2. The Balaban J connectivity index is 1.38. The minimum Gasteiger partial charge on any atom is -0.378 e. The normalized spacial score (nSPS) is 36.1. The molecule has 0 spiro atoms. The predicted molar refractivity (Wildman–Crippen MR) is 104 cm³/mol. The van der Waals surface area contributed by atoms with Crippen molar-refractivity contribution in [3.63, 3.8) is 0 Å². The van der Waals surface area contributed by atoms with Crippen LogP contribution in [-0.4, -0.2) is 49.1 Å². The van der Waals surface area contributed by atoms with E-state index in [2.05, 4.69) is 19.2 Å². The lowest BCUT2D eigenvalue weighted by atomic mass is 9.49. The number of morpholine rings is 1. The minimum absolute atomic E-state index is 0.0749. The van der Waals surface area contributed by atoms with Crippen LogP contribution in [0, 0.1) is 29.1 Å². The van der Waals surface area contributed by atoms with Crippen molar-refractivity contribution in [2.45, 2.75) is 71.3 Å². The largest absolute Gasteiger partial charge is 0.378 e. The van der Waals surface area contributed by atoms with E-state index < -0.39 is 0 Å². The lowest BCUT2D eigenvalue weighted by Crippen LogP contribution is -2.53. The summed E-state index contributed by atoms with van der Waals surface area (Å²) in [6.45, 7) is 6.70. The Kier molecular flexibility index (Phi) is 5.50. The number of carbonyl (C=O) groups is 2. The Labute approximate surface area is 163 Å². The van der Waals surface area contributed by atoms with E-state index in [0.717, 1.165) is 17.8 Å². The van der Waals surface area contributed by atoms with E-state index in [0.29, 0.717) is 45.1 Å². The predicted octanol–water partition coefficient (Wildman–Crippen LogP) is 2.98. The number of rotatable bonds is 6. The van der Waals surface area contributed by atoms with E-state index in [1.165, 1.54) is 38.5 Å². The summed E-state index contributed by atoms with van der Waals surface area (Å²) < 4.78 is 5.37. The van der Waals surface area contributed by atoms with Gasteiger partial charge in [-0.15, -0.1) is 0 Å². The molecule has 5 heteroatoms. The summed E-state index contributed by atoms with van der Waals surface area (Å²) in [6.07, 6.45) is 9.23. The van der Waals surface area contributed by atoms with Gasteiger partial charge in [0.05, 0.1) is 13.2 Å². The molecule has 5 rings (SSSR count). The van der Waals surface area contributed by atoms with Crippen molar-refractivity contribution in [3.8, 4) is 0 Å². The minimum atomic E-state index is -0.385. The lowest BCUT2D eigenvalue weighted by molar-refractivity contribution is -0.142. The highest BCUT2D eigenvalue weighted by Crippen LogP contribution is 2.61. The molecule has 4 aliphatic carbocycles. The van der Waals surface area contributed by atoms with Gasteiger partial charge in [-0.05, 0) is 74.0 Å². The first kappa shape index (κ1) is 19.2. The van der Waals surface area contributed by atoms with Gasteiger partial charge in [-0.3, -0.25) is 9.59 Å². The number of hydrogen-bond acceptors (Lipinski definition) is 3. The quantitative estimate of drug-likeness (QED) is 0.775. The van der Waals surface area contributed by atoms with Gasteiger partial charge in [0, 0.05) is 19.5 Å². The fourth-order valence-electron chi connectivity index (χ4n) is 6.79. The second-order valence-corrected chi connectivity index (χ2v) is 10.3. The highest BCUT2D eigenvalue weighted by molar-refractivity contribution is 5.88. The van der Waals surface area contributed by atoms with Crippen molar-refractivity contribution < 1.29 is 14.3 Å². The van der Waals surface area contributed by atoms with Gasteiger partial charge < -0.3 is 15.0 Å². The van der Waals surface area contributed by atoms with Gasteiger partial charge in [-0.25, -0.2) is 0 Å². The van der Waals surface area contributed by atoms with Crippen LogP contribution < -0.4 is 5.32 Å². The van der Waals surface area contributed by atoms with Crippen molar-refractivity contribution in [1.82, 2.24) is 10.2 Å². The molecule has 4 saturated carbocycles. The van der Waals surface area contributed by atoms with Crippen molar-refractivity contribution >= 4 is 11.8 Å². The smallest absolute Gasteiger partial charge is 0.245 e. The number of ether oxygens (including phenoxy) is 1. The number of nitrogens with zero attached hydrogens (tertiary/aromatic N) is 1. The molecule has 1 aliphatic heterocycles. The molecular formula is C22H36N2O3. The molecule has 0 aromatic heterocycles. The Hall–Kier alpha value is -1.10. The topological polar surface area (TPSA) is 58.6 Å². The molecule has 1 N–H and O–H groups in total. The fraction of sp³-hybridized carbons (Fsp3) is 0.909. The molecule has 5 aliphatic rings. The average molecular weight is 377 g/mol. The molecule has 1 saturated heterocycles. The van der Waals surface area contributed by atoms with Gasteiger partial charge in [0.25, 0.3) is 0 Å². The summed E-state index contributed by atoms with van der Waals surface area (Å²) in [5.74, 6) is 3.11. The summed E-state index contributed by atoms with van der Waals surface area (Å²) in [5.41, 5.74) is 0.225. The Morgan fingerprint density at radius 1 is 1.04 bits per heavy atom. The van der Waals surface area contributed by atoms with Gasteiger partial charge in [-0.2, -0.15) is 0 Å².